The highest BCUT2D eigenvalue weighted by atomic mass is 32.1. The number of hydrogen-bond acceptors (Lipinski definition) is 4. The van der Waals surface area contributed by atoms with E-state index in [9.17, 15) is 0 Å². The number of aryl methyl sites for hydroxylation is 1. The largest absolute Gasteiger partial charge is 0.456 e. The van der Waals surface area contributed by atoms with Gasteiger partial charge < -0.3 is 13.4 Å². The Labute approximate surface area is 331 Å². The predicted molar refractivity (Wildman–Crippen MR) is 237 cm³/mol. The van der Waals surface area contributed by atoms with Crippen molar-refractivity contribution >= 4 is 86.4 Å². The van der Waals surface area contributed by atoms with Crippen molar-refractivity contribution in [2.24, 2.45) is 0 Å². The number of benzene rings is 8. The first-order chi connectivity index (χ1) is 28.3. The zero-order valence-corrected chi connectivity index (χ0v) is 31.7. The molecule has 1 atom stereocenters. The molecule has 0 bridgehead atoms. The van der Waals surface area contributed by atoms with Crippen LogP contribution in [0.4, 0.5) is 0 Å². The van der Waals surface area contributed by atoms with Gasteiger partial charge in [0.2, 0.25) is 5.89 Å². The fourth-order valence-corrected chi connectivity index (χ4v) is 10.4. The number of fused-ring (bicyclic) bond motifs is 11. The van der Waals surface area contributed by atoms with Crippen molar-refractivity contribution in [3.05, 3.63) is 193 Å². The SMILES string of the molecule is c1ccc(-c2nc3c(ccc4oc5c(C(CCc6cccc7c8ccccc8n(-c8ccccc8)c67)c6cccc7sc8ccccc8c67)cccc5c43)o2)cc1. The third kappa shape index (κ3) is 5.02. The second kappa shape index (κ2) is 12.8. The van der Waals surface area contributed by atoms with Gasteiger partial charge in [0.1, 0.15) is 16.7 Å². The third-order valence-corrected chi connectivity index (χ3v) is 12.9. The number of oxazole rings is 1. The first-order valence-corrected chi connectivity index (χ1v) is 20.4. The Kier molecular flexibility index (Phi) is 7.26. The summed E-state index contributed by atoms with van der Waals surface area (Å²) >= 11 is 1.87. The molecule has 0 aliphatic rings. The second-order valence-corrected chi connectivity index (χ2v) is 16.0. The number of rotatable bonds is 7. The van der Waals surface area contributed by atoms with Crippen LogP contribution in [0.1, 0.15) is 29.0 Å². The average Bonchev–Trinajstić information content (AvgIpc) is 4.05. The van der Waals surface area contributed by atoms with Crippen LogP contribution in [0.2, 0.25) is 0 Å². The highest BCUT2D eigenvalue weighted by Crippen LogP contribution is 2.46. The summed E-state index contributed by atoms with van der Waals surface area (Å²) in [7, 11) is 0. The highest BCUT2D eigenvalue weighted by Gasteiger charge is 2.26. The van der Waals surface area contributed by atoms with Crippen LogP contribution in [0.25, 0.3) is 92.2 Å². The Morgan fingerprint density at radius 2 is 1.21 bits per heavy atom. The van der Waals surface area contributed by atoms with Crippen LogP contribution in [-0.2, 0) is 6.42 Å². The lowest BCUT2D eigenvalue weighted by Crippen LogP contribution is -2.05. The van der Waals surface area contributed by atoms with E-state index in [-0.39, 0.29) is 5.92 Å². The van der Waals surface area contributed by atoms with Gasteiger partial charge in [-0.1, -0.05) is 121 Å². The van der Waals surface area contributed by atoms with Crippen molar-refractivity contribution in [2.45, 2.75) is 18.8 Å². The van der Waals surface area contributed by atoms with Crippen molar-refractivity contribution in [1.29, 1.82) is 0 Å². The molecule has 12 rings (SSSR count). The van der Waals surface area contributed by atoms with E-state index in [0.29, 0.717) is 5.89 Å². The molecule has 4 aromatic heterocycles. The minimum atomic E-state index is 0.0356. The van der Waals surface area contributed by atoms with E-state index in [0.717, 1.165) is 51.4 Å². The lowest BCUT2D eigenvalue weighted by molar-refractivity contribution is 0.619. The summed E-state index contributed by atoms with van der Waals surface area (Å²) in [5.74, 6) is 0.646. The van der Waals surface area contributed by atoms with Crippen LogP contribution in [0, 0.1) is 0 Å². The molecule has 0 N–H and O–H groups in total. The molecule has 5 heteroatoms. The summed E-state index contributed by atoms with van der Waals surface area (Å²) < 4.78 is 18.4. The zero-order chi connectivity index (χ0) is 37.5. The number of nitrogens with zero attached hydrogens (tertiary/aromatic N) is 2. The minimum Gasteiger partial charge on any atom is -0.456 e. The van der Waals surface area contributed by atoms with Gasteiger partial charge in [0, 0.05) is 59.1 Å². The molecule has 8 aromatic carbocycles. The molecule has 0 radical (unpaired) electrons. The molecule has 0 fully saturated rings. The standard InChI is InChI=1S/C52H34N2O2S/c1-3-14-33(15-4-1)52-53-49-44(56-52)31-30-43-48(49)41-24-12-23-39(51(41)55-43)35(37-21-13-27-46-47(37)40-20-8-10-26-45(40)57-46)29-28-32-16-11-22-38-36-19-7-9-25-42(36)54(50(32)38)34-17-5-2-6-18-34/h1-27,30-31,35H,28-29H2. The maximum Gasteiger partial charge on any atom is 0.227 e. The molecule has 4 heterocycles. The zero-order valence-electron chi connectivity index (χ0n) is 30.9. The Balaban J connectivity index is 1.07. The van der Waals surface area contributed by atoms with E-state index < -0.39 is 0 Å². The van der Waals surface area contributed by atoms with Crippen LogP contribution < -0.4 is 0 Å². The molecule has 4 nitrogen and oxygen atoms in total. The Hall–Kier alpha value is -6.95. The van der Waals surface area contributed by atoms with E-state index >= 15 is 0 Å². The van der Waals surface area contributed by atoms with Crippen molar-refractivity contribution < 1.29 is 8.83 Å². The number of aromatic nitrogens is 2. The van der Waals surface area contributed by atoms with Gasteiger partial charge in [-0.05, 0) is 78.6 Å². The molecule has 0 spiro atoms. The van der Waals surface area contributed by atoms with Gasteiger partial charge in [-0.15, -0.1) is 11.3 Å². The van der Waals surface area contributed by atoms with E-state index in [4.69, 9.17) is 13.8 Å². The summed E-state index contributed by atoms with van der Waals surface area (Å²) in [5.41, 5.74) is 11.7. The smallest absolute Gasteiger partial charge is 0.227 e. The minimum absolute atomic E-state index is 0.0356. The molecule has 0 amide bonds. The molecular weight excluding hydrogens is 717 g/mol. The monoisotopic (exact) mass is 750 g/mol. The van der Waals surface area contributed by atoms with Crippen LogP contribution in [0.15, 0.2) is 185 Å². The van der Waals surface area contributed by atoms with Gasteiger partial charge in [-0.2, -0.15) is 0 Å². The fourth-order valence-electron chi connectivity index (χ4n) is 9.28. The Morgan fingerprint density at radius 3 is 2.11 bits per heavy atom. The van der Waals surface area contributed by atoms with Crippen LogP contribution >= 0.6 is 11.3 Å². The Morgan fingerprint density at radius 1 is 0.526 bits per heavy atom. The third-order valence-electron chi connectivity index (χ3n) is 11.8. The summed E-state index contributed by atoms with van der Waals surface area (Å²) in [5, 5.41) is 7.23. The molecule has 270 valence electrons. The van der Waals surface area contributed by atoms with E-state index in [1.54, 1.807) is 0 Å². The first kappa shape index (κ1) is 32.3. The maximum absolute atomic E-state index is 6.95. The van der Waals surface area contributed by atoms with Crippen molar-refractivity contribution in [2.75, 3.05) is 0 Å². The van der Waals surface area contributed by atoms with Crippen LogP contribution in [0.5, 0.6) is 0 Å². The first-order valence-electron chi connectivity index (χ1n) is 19.6. The maximum atomic E-state index is 6.95. The quantitative estimate of drug-likeness (QED) is 0.163. The molecule has 0 saturated heterocycles. The molecule has 12 aromatic rings. The predicted octanol–water partition coefficient (Wildman–Crippen LogP) is 14.6. The topological polar surface area (TPSA) is 44.1 Å². The van der Waals surface area contributed by atoms with Gasteiger partial charge in [-0.25, -0.2) is 4.98 Å². The molecule has 0 aliphatic carbocycles. The summed E-state index contributed by atoms with van der Waals surface area (Å²) in [6, 6.07) is 62.8. The van der Waals surface area contributed by atoms with Gasteiger partial charge in [0.25, 0.3) is 0 Å². The van der Waals surface area contributed by atoms with Crippen molar-refractivity contribution in [3.8, 4) is 17.1 Å². The molecular formula is C52H34N2O2S. The lowest BCUT2D eigenvalue weighted by Gasteiger charge is -2.21. The van der Waals surface area contributed by atoms with E-state index in [2.05, 4.69) is 138 Å². The second-order valence-electron chi connectivity index (χ2n) is 14.9. The summed E-state index contributed by atoms with van der Waals surface area (Å²) in [4.78, 5) is 5.06. The average molecular weight is 751 g/mol. The van der Waals surface area contributed by atoms with Gasteiger partial charge in [0.15, 0.2) is 5.58 Å². The van der Waals surface area contributed by atoms with E-state index in [1.165, 1.54) is 64.4 Å². The van der Waals surface area contributed by atoms with Gasteiger partial charge in [0.05, 0.1) is 16.4 Å². The van der Waals surface area contributed by atoms with Crippen molar-refractivity contribution in [1.82, 2.24) is 9.55 Å². The number of hydrogen-bond donors (Lipinski definition) is 0. The molecule has 0 saturated carbocycles. The number of furan rings is 1. The molecule has 0 aliphatic heterocycles. The van der Waals surface area contributed by atoms with Crippen molar-refractivity contribution in [3.63, 3.8) is 0 Å². The van der Waals surface area contributed by atoms with E-state index in [1.807, 2.05) is 53.8 Å². The summed E-state index contributed by atoms with van der Waals surface area (Å²) in [6.45, 7) is 0. The molecule has 1 unspecified atom stereocenters. The number of para-hydroxylation sites is 4. The fraction of sp³-hybridized carbons (Fsp3) is 0.0577. The van der Waals surface area contributed by atoms with Crippen LogP contribution in [0.3, 0.4) is 0 Å². The van der Waals surface area contributed by atoms with Crippen LogP contribution in [-0.4, -0.2) is 9.55 Å². The molecule has 57 heavy (non-hydrogen) atoms. The Bertz CT molecular complexity index is 3480. The normalized spacial score (nSPS) is 12.6. The highest BCUT2D eigenvalue weighted by molar-refractivity contribution is 7.25. The lowest BCUT2D eigenvalue weighted by atomic mass is 9.83. The van der Waals surface area contributed by atoms with Gasteiger partial charge >= 0.3 is 0 Å². The number of thiophene rings is 1. The summed E-state index contributed by atoms with van der Waals surface area (Å²) in [6.07, 6.45) is 1.75. The van der Waals surface area contributed by atoms with Gasteiger partial charge in [-0.3, -0.25) is 0 Å².